The number of hydrogen-bond acceptors (Lipinski definition) is 4. The van der Waals surface area contributed by atoms with Gasteiger partial charge in [0.05, 0.1) is 22.8 Å². The normalized spacial score (nSPS) is 11.1. The van der Waals surface area contributed by atoms with Gasteiger partial charge < -0.3 is 5.32 Å². The molecule has 0 aliphatic carbocycles. The fourth-order valence-electron chi connectivity index (χ4n) is 3.33. The lowest BCUT2D eigenvalue weighted by atomic mass is 10.1. The summed E-state index contributed by atoms with van der Waals surface area (Å²) in [5, 5.41) is 8.06. The van der Waals surface area contributed by atoms with Gasteiger partial charge in [-0.25, -0.2) is 9.67 Å². The first-order valence-electron chi connectivity index (χ1n) is 9.80. The van der Waals surface area contributed by atoms with Crippen molar-refractivity contribution in [2.45, 2.75) is 26.8 Å². The first kappa shape index (κ1) is 19.5. The van der Waals surface area contributed by atoms with Crippen LogP contribution in [-0.4, -0.2) is 26.5 Å². The minimum Gasteiger partial charge on any atom is -0.322 e. The average Bonchev–Trinajstić information content (AvgIpc) is 3.18. The highest BCUT2D eigenvalue weighted by Crippen LogP contribution is 2.27. The first-order valence-corrected chi connectivity index (χ1v) is 9.80. The lowest BCUT2D eigenvalue weighted by molar-refractivity contribution is 0.101. The van der Waals surface area contributed by atoms with Crippen LogP contribution in [0.5, 0.6) is 0 Å². The predicted octanol–water partition coefficient (Wildman–Crippen LogP) is 5.13. The molecule has 0 atom stereocenters. The van der Waals surface area contributed by atoms with E-state index in [-0.39, 0.29) is 17.7 Å². The van der Waals surface area contributed by atoms with Crippen LogP contribution >= 0.6 is 0 Å². The predicted molar refractivity (Wildman–Crippen MR) is 118 cm³/mol. The van der Waals surface area contributed by atoms with Gasteiger partial charge in [0.2, 0.25) is 0 Å². The number of aromatic nitrogens is 3. The van der Waals surface area contributed by atoms with Crippen molar-refractivity contribution in [3.63, 3.8) is 0 Å². The Morgan fingerprint density at radius 2 is 1.70 bits per heavy atom. The lowest BCUT2D eigenvalue weighted by Crippen LogP contribution is -2.13. The molecule has 0 unspecified atom stereocenters. The number of benzene rings is 2. The molecule has 0 saturated heterocycles. The molecule has 1 amide bonds. The van der Waals surface area contributed by atoms with E-state index in [4.69, 9.17) is 4.98 Å². The molecule has 0 spiro atoms. The summed E-state index contributed by atoms with van der Waals surface area (Å²) in [7, 11) is 0. The fraction of sp³-hybridized carbons (Fsp3) is 0.167. The van der Waals surface area contributed by atoms with Gasteiger partial charge in [-0.15, -0.1) is 0 Å². The van der Waals surface area contributed by atoms with Crippen LogP contribution in [0.4, 0.5) is 5.69 Å². The summed E-state index contributed by atoms with van der Waals surface area (Å²) < 4.78 is 1.82. The van der Waals surface area contributed by atoms with Crippen LogP contribution in [-0.2, 0) is 0 Å². The molecule has 2 aromatic carbocycles. The van der Waals surface area contributed by atoms with E-state index in [0.717, 1.165) is 5.56 Å². The first-order chi connectivity index (χ1) is 14.4. The van der Waals surface area contributed by atoms with E-state index < -0.39 is 0 Å². The third-order valence-electron chi connectivity index (χ3n) is 4.92. The van der Waals surface area contributed by atoms with Gasteiger partial charge in [-0.05, 0) is 51.1 Å². The third kappa shape index (κ3) is 3.72. The van der Waals surface area contributed by atoms with Gasteiger partial charge >= 0.3 is 0 Å². The minimum atomic E-state index is -0.251. The third-order valence-corrected chi connectivity index (χ3v) is 4.92. The Kier molecular flexibility index (Phi) is 5.14. The monoisotopic (exact) mass is 398 g/mol. The highest BCUT2D eigenvalue weighted by Gasteiger charge is 2.18. The van der Waals surface area contributed by atoms with Crippen molar-refractivity contribution >= 4 is 28.4 Å². The average molecular weight is 398 g/mol. The number of fused-ring (bicyclic) bond motifs is 1. The summed E-state index contributed by atoms with van der Waals surface area (Å²) in [6.07, 6.45) is 1.69. The van der Waals surface area contributed by atoms with E-state index in [1.807, 2.05) is 48.9 Å². The highest BCUT2D eigenvalue weighted by molar-refractivity contribution is 6.12. The van der Waals surface area contributed by atoms with Crippen molar-refractivity contribution in [3.8, 4) is 11.3 Å². The van der Waals surface area contributed by atoms with Crippen LogP contribution in [0, 0.1) is 0 Å². The number of carbonyl (C=O) groups is 2. The second kappa shape index (κ2) is 7.91. The molecule has 0 radical (unpaired) electrons. The number of rotatable bonds is 5. The Morgan fingerprint density at radius 1 is 1.00 bits per heavy atom. The van der Waals surface area contributed by atoms with Crippen molar-refractivity contribution in [3.05, 3.63) is 78.0 Å². The van der Waals surface area contributed by atoms with Crippen molar-refractivity contribution in [2.75, 3.05) is 5.32 Å². The van der Waals surface area contributed by atoms with Crippen LogP contribution < -0.4 is 5.32 Å². The smallest absolute Gasteiger partial charge is 0.256 e. The molecule has 0 fully saturated rings. The number of Topliss-reactive ketones (excluding diaryl/α,β-unsaturated/α-hetero) is 1. The number of ketones is 1. The molecule has 4 rings (SSSR count). The number of anilines is 1. The lowest BCUT2D eigenvalue weighted by Gasteiger charge is -2.11. The molecular formula is C24H22N4O2. The number of nitrogens with zero attached hydrogens (tertiary/aromatic N) is 3. The maximum Gasteiger partial charge on any atom is 0.256 e. The summed E-state index contributed by atoms with van der Waals surface area (Å²) >= 11 is 0. The fourth-order valence-corrected chi connectivity index (χ4v) is 3.33. The van der Waals surface area contributed by atoms with Gasteiger partial charge in [-0.2, -0.15) is 5.10 Å². The molecule has 6 nitrogen and oxygen atoms in total. The Balaban J connectivity index is 1.78. The molecule has 0 saturated carbocycles. The van der Waals surface area contributed by atoms with E-state index in [1.54, 1.807) is 36.5 Å². The van der Waals surface area contributed by atoms with Gasteiger partial charge in [-0.3, -0.25) is 9.59 Å². The van der Waals surface area contributed by atoms with Gasteiger partial charge in [0.1, 0.15) is 0 Å². The van der Waals surface area contributed by atoms with Gasteiger partial charge in [0.25, 0.3) is 5.91 Å². The molecule has 4 aromatic rings. The van der Waals surface area contributed by atoms with Crippen LogP contribution in [0.25, 0.3) is 22.3 Å². The molecule has 150 valence electrons. The Labute approximate surface area is 174 Å². The van der Waals surface area contributed by atoms with E-state index >= 15 is 0 Å². The standard InChI is InChI=1S/C24H22N4O2/c1-15(2)28-23-21(14-25-28)20(13-22(27-23)18-7-5-4-6-8-18)24(30)26-19-11-9-17(10-12-19)16(3)29/h4-15H,1-3H3,(H,26,30). The summed E-state index contributed by atoms with van der Waals surface area (Å²) in [6, 6.07) is 18.5. The van der Waals surface area contributed by atoms with Gasteiger partial charge in [0.15, 0.2) is 11.4 Å². The second-order valence-corrected chi connectivity index (χ2v) is 7.43. The summed E-state index contributed by atoms with van der Waals surface area (Å²) in [6.45, 7) is 5.57. The maximum atomic E-state index is 13.2. The quantitative estimate of drug-likeness (QED) is 0.473. The zero-order chi connectivity index (χ0) is 21.3. The number of pyridine rings is 1. The van der Waals surface area contributed by atoms with Crippen LogP contribution in [0.1, 0.15) is 47.5 Å². The highest BCUT2D eigenvalue weighted by atomic mass is 16.1. The zero-order valence-electron chi connectivity index (χ0n) is 17.1. The molecule has 0 aliphatic heterocycles. The Morgan fingerprint density at radius 3 is 2.33 bits per heavy atom. The van der Waals surface area contributed by atoms with Crippen LogP contribution in [0.15, 0.2) is 66.9 Å². The summed E-state index contributed by atoms with van der Waals surface area (Å²) in [5.74, 6) is -0.268. The molecule has 1 N–H and O–H groups in total. The molecule has 0 bridgehead atoms. The summed E-state index contributed by atoms with van der Waals surface area (Å²) in [5.41, 5.74) is 4.03. The van der Waals surface area contributed by atoms with Gasteiger partial charge in [0, 0.05) is 22.9 Å². The topological polar surface area (TPSA) is 76.9 Å². The second-order valence-electron chi connectivity index (χ2n) is 7.43. The van der Waals surface area contributed by atoms with E-state index in [2.05, 4.69) is 10.4 Å². The number of amides is 1. The van der Waals surface area contributed by atoms with E-state index in [0.29, 0.717) is 33.5 Å². The molecule has 0 aliphatic rings. The van der Waals surface area contributed by atoms with E-state index in [1.165, 1.54) is 6.92 Å². The largest absolute Gasteiger partial charge is 0.322 e. The van der Waals surface area contributed by atoms with Crippen molar-refractivity contribution in [1.82, 2.24) is 14.8 Å². The summed E-state index contributed by atoms with van der Waals surface area (Å²) in [4.78, 5) is 29.4. The maximum absolute atomic E-state index is 13.2. The van der Waals surface area contributed by atoms with Crippen LogP contribution in [0.2, 0.25) is 0 Å². The molecular weight excluding hydrogens is 376 g/mol. The molecule has 6 heteroatoms. The van der Waals surface area contributed by atoms with E-state index in [9.17, 15) is 9.59 Å². The SMILES string of the molecule is CC(=O)c1ccc(NC(=O)c2cc(-c3ccccc3)nc3c2cnn3C(C)C)cc1. The molecule has 2 aromatic heterocycles. The Hall–Kier alpha value is -3.80. The minimum absolute atomic E-state index is 0.0164. The van der Waals surface area contributed by atoms with Gasteiger partial charge in [-0.1, -0.05) is 30.3 Å². The molecule has 2 heterocycles. The van der Waals surface area contributed by atoms with Crippen LogP contribution in [0.3, 0.4) is 0 Å². The van der Waals surface area contributed by atoms with Crippen molar-refractivity contribution < 1.29 is 9.59 Å². The number of carbonyl (C=O) groups excluding carboxylic acids is 2. The molecule has 30 heavy (non-hydrogen) atoms. The van der Waals surface area contributed by atoms with Crippen molar-refractivity contribution in [1.29, 1.82) is 0 Å². The number of hydrogen-bond donors (Lipinski definition) is 1. The van der Waals surface area contributed by atoms with Crippen molar-refractivity contribution in [2.24, 2.45) is 0 Å². The number of nitrogens with one attached hydrogen (secondary N) is 1. The Bertz CT molecular complexity index is 1230. The zero-order valence-corrected chi connectivity index (χ0v) is 17.1.